The molecule has 244 valence electrons. The van der Waals surface area contributed by atoms with Gasteiger partial charge in [0.2, 0.25) is 17.7 Å². The van der Waals surface area contributed by atoms with Gasteiger partial charge in [-0.15, -0.1) is 0 Å². The molecule has 3 amide bonds. The van der Waals surface area contributed by atoms with Crippen LogP contribution in [0.4, 0.5) is 5.69 Å². The van der Waals surface area contributed by atoms with Gasteiger partial charge in [-0.1, -0.05) is 75.4 Å². The number of fused-ring (bicyclic) bond motifs is 2. The molecule has 0 bridgehead atoms. The zero-order valence-corrected chi connectivity index (χ0v) is 27.2. The Bertz CT molecular complexity index is 1510. The summed E-state index contributed by atoms with van der Waals surface area (Å²) in [4.78, 5) is 49.5. The van der Waals surface area contributed by atoms with Crippen molar-refractivity contribution >= 4 is 23.4 Å². The highest BCUT2D eigenvalue weighted by atomic mass is 16.5. The second-order valence-electron chi connectivity index (χ2n) is 13.2. The van der Waals surface area contributed by atoms with Crippen molar-refractivity contribution in [3.8, 4) is 5.75 Å². The van der Waals surface area contributed by atoms with E-state index in [2.05, 4.69) is 0 Å². The van der Waals surface area contributed by atoms with Crippen LogP contribution in [0.25, 0.3) is 0 Å². The maximum Gasteiger partial charge on any atom is 0.249 e. The van der Waals surface area contributed by atoms with Gasteiger partial charge in [0.15, 0.2) is 0 Å². The van der Waals surface area contributed by atoms with E-state index in [1.807, 2.05) is 107 Å². The highest BCUT2D eigenvalue weighted by Gasteiger charge is 2.76. The molecule has 0 aromatic heterocycles. The highest BCUT2D eigenvalue weighted by Crippen LogP contribution is 2.59. The van der Waals surface area contributed by atoms with Gasteiger partial charge in [-0.3, -0.25) is 14.4 Å². The second-order valence-corrected chi connectivity index (χ2v) is 13.2. The standard InChI is InChI=1S/C37H45N3O6/c1-5-36-18-10-21-39(27-14-16-29(17-15-27)45-6-2)33(42)30(36)31-34(43)40(28(24-41)22-25(3)4)32-35(44)38(20-11-19-37(31,32)46-36)23-26-12-8-7-9-13-26/h7-19,25,28,30-32,41H,5-6,20-24H2,1-4H3/t28-,30+,31+,32?,36-,37+/m1/s1. The molecule has 0 aliphatic carbocycles. The summed E-state index contributed by atoms with van der Waals surface area (Å²) in [6, 6.07) is 15.5. The van der Waals surface area contributed by atoms with Crippen molar-refractivity contribution < 1.29 is 29.0 Å². The lowest BCUT2D eigenvalue weighted by molar-refractivity contribution is -0.156. The number of carbonyl (C=O) groups excluding carboxylic acids is 3. The number of hydrogen-bond donors (Lipinski definition) is 1. The van der Waals surface area contributed by atoms with Crippen molar-refractivity contribution in [1.82, 2.24) is 9.80 Å². The second kappa shape index (κ2) is 12.7. The number of anilines is 1. The molecule has 4 aliphatic heterocycles. The number of benzene rings is 2. The van der Waals surface area contributed by atoms with Crippen LogP contribution in [0.2, 0.25) is 0 Å². The smallest absolute Gasteiger partial charge is 0.249 e. The van der Waals surface area contributed by atoms with E-state index in [1.165, 1.54) is 0 Å². The Morgan fingerprint density at radius 2 is 1.63 bits per heavy atom. The van der Waals surface area contributed by atoms with Crippen molar-refractivity contribution in [2.45, 2.75) is 70.4 Å². The molecule has 9 heteroatoms. The summed E-state index contributed by atoms with van der Waals surface area (Å²) in [7, 11) is 0. The van der Waals surface area contributed by atoms with E-state index < -0.39 is 35.1 Å². The Kier molecular flexibility index (Phi) is 8.83. The average Bonchev–Trinajstić information content (AvgIpc) is 3.35. The van der Waals surface area contributed by atoms with Crippen LogP contribution in [0, 0.1) is 17.8 Å². The van der Waals surface area contributed by atoms with E-state index in [1.54, 1.807) is 14.7 Å². The lowest BCUT2D eigenvalue weighted by atomic mass is 9.73. The predicted octanol–water partition coefficient (Wildman–Crippen LogP) is 4.35. The molecule has 1 N–H and O–H groups in total. The molecule has 2 aromatic rings. The first-order valence-electron chi connectivity index (χ1n) is 16.5. The molecule has 46 heavy (non-hydrogen) atoms. The normalized spacial score (nSPS) is 29.5. The highest BCUT2D eigenvalue weighted by molar-refractivity contribution is 6.04. The number of rotatable bonds is 10. The summed E-state index contributed by atoms with van der Waals surface area (Å²) in [6.45, 7) is 9.21. The van der Waals surface area contributed by atoms with Gasteiger partial charge in [0.05, 0.1) is 36.7 Å². The van der Waals surface area contributed by atoms with Crippen LogP contribution in [0.1, 0.15) is 46.1 Å². The Hall–Kier alpha value is -3.95. The Labute approximate surface area is 271 Å². The van der Waals surface area contributed by atoms with Crippen molar-refractivity contribution in [1.29, 1.82) is 0 Å². The first kappa shape index (κ1) is 32.0. The molecule has 6 atom stereocenters. The van der Waals surface area contributed by atoms with Crippen molar-refractivity contribution in [2.75, 3.05) is 31.2 Å². The minimum absolute atomic E-state index is 0.159. The molecule has 0 radical (unpaired) electrons. The maximum atomic E-state index is 14.9. The van der Waals surface area contributed by atoms with E-state index >= 15 is 0 Å². The summed E-state index contributed by atoms with van der Waals surface area (Å²) >= 11 is 0. The van der Waals surface area contributed by atoms with Crippen LogP contribution in [-0.2, 0) is 25.7 Å². The Morgan fingerprint density at radius 1 is 0.913 bits per heavy atom. The van der Waals surface area contributed by atoms with E-state index in [-0.39, 0.29) is 30.2 Å². The molecule has 0 saturated carbocycles. The minimum atomic E-state index is -1.38. The molecule has 2 fully saturated rings. The van der Waals surface area contributed by atoms with E-state index in [0.29, 0.717) is 50.5 Å². The fourth-order valence-corrected chi connectivity index (χ4v) is 8.03. The monoisotopic (exact) mass is 627 g/mol. The average molecular weight is 628 g/mol. The van der Waals surface area contributed by atoms with Gasteiger partial charge >= 0.3 is 0 Å². The van der Waals surface area contributed by atoms with Crippen LogP contribution in [0.5, 0.6) is 5.75 Å². The van der Waals surface area contributed by atoms with Gasteiger partial charge in [0, 0.05) is 25.3 Å². The first-order chi connectivity index (χ1) is 22.2. The number of ether oxygens (including phenoxy) is 2. The molecular weight excluding hydrogens is 582 g/mol. The van der Waals surface area contributed by atoms with Crippen molar-refractivity contribution in [2.24, 2.45) is 17.8 Å². The summed E-state index contributed by atoms with van der Waals surface area (Å²) in [5.41, 5.74) is -0.806. The van der Waals surface area contributed by atoms with Crippen molar-refractivity contribution in [3.05, 3.63) is 84.5 Å². The largest absolute Gasteiger partial charge is 0.494 e. The lowest BCUT2D eigenvalue weighted by Crippen LogP contribution is -2.59. The zero-order chi connectivity index (χ0) is 32.6. The number of carbonyl (C=O) groups is 3. The van der Waals surface area contributed by atoms with Gasteiger partial charge in [-0.2, -0.15) is 0 Å². The Morgan fingerprint density at radius 3 is 2.28 bits per heavy atom. The van der Waals surface area contributed by atoms with E-state index in [4.69, 9.17) is 9.47 Å². The molecule has 2 aromatic carbocycles. The molecule has 1 unspecified atom stereocenters. The fourth-order valence-electron chi connectivity index (χ4n) is 8.03. The van der Waals surface area contributed by atoms with Gasteiger partial charge in [0.1, 0.15) is 17.4 Å². The quantitative estimate of drug-likeness (QED) is 0.394. The zero-order valence-electron chi connectivity index (χ0n) is 27.2. The van der Waals surface area contributed by atoms with Gasteiger partial charge < -0.3 is 29.3 Å². The molecular formula is C37H45N3O6. The van der Waals surface area contributed by atoms with Gasteiger partial charge in [-0.05, 0) is 55.5 Å². The fraction of sp³-hybridized carbons (Fsp3) is 0.486. The number of aliphatic hydroxyl groups excluding tert-OH is 1. The molecule has 1 spiro atoms. The lowest BCUT2D eigenvalue weighted by Gasteiger charge is -2.41. The number of hydrogen-bond acceptors (Lipinski definition) is 6. The van der Waals surface area contributed by atoms with Crippen LogP contribution in [-0.4, -0.2) is 82.2 Å². The summed E-state index contributed by atoms with van der Waals surface area (Å²) in [5, 5.41) is 10.7. The van der Waals surface area contributed by atoms with Gasteiger partial charge in [-0.25, -0.2) is 0 Å². The number of amides is 3. The molecule has 2 saturated heterocycles. The van der Waals surface area contributed by atoms with E-state index in [0.717, 1.165) is 5.56 Å². The number of nitrogens with zero attached hydrogens (tertiary/aromatic N) is 3. The molecule has 4 aliphatic rings. The number of likely N-dealkylation sites (tertiary alicyclic amines) is 1. The number of aliphatic hydroxyl groups is 1. The third-order valence-corrected chi connectivity index (χ3v) is 9.98. The van der Waals surface area contributed by atoms with Gasteiger partial charge in [0.25, 0.3) is 0 Å². The SMILES string of the molecule is CCOc1ccc(N2CC=C[C@@]3(CC)O[C@]45C=CCN(Cc6ccccc6)C(=O)C4N([C@@H](CO)CC(C)C)C(=O)[C@@H]5[C@H]3C2=O)cc1. The first-order valence-corrected chi connectivity index (χ1v) is 16.5. The topological polar surface area (TPSA) is 99.6 Å². The summed E-state index contributed by atoms with van der Waals surface area (Å²) in [6.07, 6.45) is 8.61. The van der Waals surface area contributed by atoms with Crippen LogP contribution < -0.4 is 9.64 Å². The third-order valence-electron chi connectivity index (χ3n) is 9.98. The summed E-state index contributed by atoms with van der Waals surface area (Å²) in [5.74, 6) is -1.74. The van der Waals surface area contributed by atoms with Crippen LogP contribution in [0.15, 0.2) is 78.9 Å². The predicted molar refractivity (Wildman–Crippen MR) is 175 cm³/mol. The van der Waals surface area contributed by atoms with Crippen LogP contribution >= 0.6 is 0 Å². The molecule has 6 rings (SSSR count). The third kappa shape index (κ3) is 5.23. The van der Waals surface area contributed by atoms with E-state index in [9.17, 15) is 19.5 Å². The maximum absolute atomic E-state index is 14.9. The summed E-state index contributed by atoms with van der Waals surface area (Å²) < 4.78 is 12.7. The molecule has 4 heterocycles. The Balaban J connectivity index is 1.46. The van der Waals surface area contributed by atoms with Crippen molar-refractivity contribution in [3.63, 3.8) is 0 Å². The van der Waals surface area contributed by atoms with Crippen LogP contribution in [0.3, 0.4) is 0 Å². The minimum Gasteiger partial charge on any atom is -0.494 e. The molecule has 9 nitrogen and oxygen atoms in total.